The lowest BCUT2D eigenvalue weighted by Crippen LogP contribution is -2.49. The van der Waals surface area contributed by atoms with Crippen molar-refractivity contribution in [2.45, 2.75) is 31.4 Å². The average molecular weight is 389 g/mol. The Kier molecular flexibility index (Phi) is 5.53. The number of nitrogens with one attached hydrogen (secondary N) is 2. The van der Waals surface area contributed by atoms with E-state index in [9.17, 15) is 14.7 Å². The number of aliphatic hydroxyl groups is 1. The van der Waals surface area contributed by atoms with Gasteiger partial charge in [-0.05, 0) is 48.6 Å². The van der Waals surface area contributed by atoms with Crippen molar-refractivity contribution >= 4 is 5.91 Å². The molecule has 2 aromatic heterocycles. The molecule has 4 rings (SSSR count). The van der Waals surface area contributed by atoms with Crippen molar-refractivity contribution in [3.05, 3.63) is 88.5 Å². The number of carbonyl (C=O) groups is 1. The van der Waals surface area contributed by atoms with Gasteiger partial charge in [-0.15, -0.1) is 0 Å². The largest absolute Gasteiger partial charge is 0.393 e. The quantitative estimate of drug-likeness (QED) is 0.604. The Morgan fingerprint density at radius 1 is 1.10 bits per heavy atom. The number of benzene rings is 1. The third-order valence-electron chi connectivity index (χ3n) is 5.43. The number of pyridine rings is 2. The third-order valence-corrected chi connectivity index (χ3v) is 5.43. The van der Waals surface area contributed by atoms with E-state index >= 15 is 0 Å². The minimum absolute atomic E-state index is 0.0792. The minimum atomic E-state index is -0.422. The highest BCUT2D eigenvalue weighted by molar-refractivity contribution is 5.94. The van der Waals surface area contributed by atoms with E-state index in [0.717, 1.165) is 11.3 Å². The summed E-state index contributed by atoms with van der Waals surface area (Å²) in [5, 5.41) is 12.7. The normalized spacial score (nSPS) is 19.2. The van der Waals surface area contributed by atoms with Gasteiger partial charge < -0.3 is 15.4 Å². The lowest BCUT2D eigenvalue weighted by molar-refractivity contribution is 0.0237. The Morgan fingerprint density at radius 2 is 1.86 bits per heavy atom. The molecule has 1 saturated carbocycles. The summed E-state index contributed by atoms with van der Waals surface area (Å²) >= 11 is 0. The van der Waals surface area contributed by atoms with E-state index in [1.54, 1.807) is 18.3 Å². The van der Waals surface area contributed by atoms with E-state index in [1.165, 1.54) is 0 Å². The van der Waals surface area contributed by atoms with Crippen LogP contribution in [-0.2, 0) is 6.42 Å². The van der Waals surface area contributed by atoms with Crippen molar-refractivity contribution in [3.63, 3.8) is 0 Å². The number of hydrogen-bond donors (Lipinski definition) is 3. The molecule has 0 aliphatic heterocycles. The van der Waals surface area contributed by atoms with Crippen LogP contribution < -0.4 is 10.9 Å². The molecular weight excluding hydrogens is 366 g/mol. The van der Waals surface area contributed by atoms with E-state index in [-0.39, 0.29) is 23.6 Å². The van der Waals surface area contributed by atoms with E-state index in [0.29, 0.717) is 25.0 Å². The van der Waals surface area contributed by atoms with Crippen molar-refractivity contribution < 1.29 is 9.90 Å². The van der Waals surface area contributed by atoms with Gasteiger partial charge in [0.15, 0.2) is 0 Å². The second kappa shape index (κ2) is 8.41. The number of aromatic amines is 1. The summed E-state index contributed by atoms with van der Waals surface area (Å²) in [6.07, 6.45) is 3.24. The predicted molar refractivity (Wildman–Crippen MR) is 110 cm³/mol. The summed E-state index contributed by atoms with van der Waals surface area (Å²) in [5.74, 6) is -0.244. The van der Waals surface area contributed by atoms with E-state index < -0.39 is 11.5 Å². The van der Waals surface area contributed by atoms with Crippen molar-refractivity contribution in [2.75, 3.05) is 0 Å². The summed E-state index contributed by atoms with van der Waals surface area (Å²) in [6, 6.07) is 18.3. The molecule has 0 spiro atoms. The Morgan fingerprint density at radius 3 is 2.52 bits per heavy atom. The van der Waals surface area contributed by atoms with Crippen LogP contribution in [-0.4, -0.2) is 33.1 Å². The van der Waals surface area contributed by atoms with Crippen LogP contribution in [0.2, 0.25) is 0 Å². The van der Waals surface area contributed by atoms with Crippen molar-refractivity contribution in [1.82, 2.24) is 15.3 Å². The fourth-order valence-corrected chi connectivity index (χ4v) is 3.72. The molecule has 6 nitrogen and oxygen atoms in total. The van der Waals surface area contributed by atoms with Gasteiger partial charge in [0.1, 0.15) is 5.56 Å². The molecule has 0 bridgehead atoms. The fourth-order valence-electron chi connectivity index (χ4n) is 3.72. The number of aliphatic hydroxyl groups excluding tert-OH is 1. The Balaban J connectivity index is 1.52. The lowest BCUT2D eigenvalue weighted by Gasteiger charge is -2.38. The third kappa shape index (κ3) is 4.43. The van der Waals surface area contributed by atoms with Gasteiger partial charge in [0.2, 0.25) is 0 Å². The molecule has 1 atom stereocenters. The zero-order valence-corrected chi connectivity index (χ0v) is 15.9. The summed E-state index contributed by atoms with van der Waals surface area (Å²) < 4.78 is 0. The van der Waals surface area contributed by atoms with Crippen LogP contribution in [0, 0.1) is 5.92 Å². The SMILES string of the molecule is O=C(N[C@@H](Cc1ccccn1)C1CC(O)C1)c1ccc(-c2ccccc2)[nH]c1=O. The van der Waals surface area contributed by atoms with Crippen LogP contribution in [0.25, 0.3) is 11.3 Å². The van der Waals surface area contributed by atoms with Gasteiger partial charge in [0, 0.05) is 30.0 Å². The zero-order chi connectivity index (χ0) is 20.2. The Labute approximate surface area is 168 Å². The highest BCUT2D eigenvalue weighted by Crippen LogP contribution is 2.31. The number of amides is 1. The molecule has 6 heteroatoms. The molecule has 3 N–H and O–H groups in total. The van der Waals surface area contributed by atoms with Gasteiger partial charge in [0.25, 0.3) is 11.5 Å². The van der Waals surface area contributed by atoms with Crippen molar-refractivity contribution in [3.8, 4) is 11.3 Å². The number of aromatic nitrogens is 2. The van der Waals surface area contributed by atoms with Crippen LogP contribution >= 0.6 is 0 Å². The van der Waals surface area contributed by atoms with Gasteiger partial charge in [0.05, 0.1) is 6.10 Å². The highest BCUT2D eigenvalue weighted by Gasteiger charge is 2.35. The van der Waals surface area contributed by atoms with Gasteiger partial charge in [-0.25, -0.2) is 0 Å². The molecule has 1 aliphatic carbocycles. The number of hydrogen-bond acceptors (Lipinski definition) is 4. The second-order valence-electron chi connectivity index (χ2n) is 7.47. The van der Waals surface area contributed by atoms with Gasteiger partial charge in [-0.3, -0.25) is 14.6 Å². The molecule has 1 aliphatic rings. The average Bonchev–Trinajstić information content (AvgIpc) is 2.72. The number of carbonyl (C=O) groups excluding carboxylic acids is 1. The predicted octanol–water partition coefficient (Wildman–Crippen LogP) is 2.55. The van der Waals surface area contributed by atoms with Crippen LogP contribution in [0.5, 0.6) is 0 Å². The molecule has 0 radical (unpaired) electrons. The van der Waals surface area contributed by atoms with Crippen LogP contribution in [0.4, 0.5) is 0 Å². The molecule has 1 amide bonds. The Bertz CT molecular complexity index is 1030. The highest BCUT2D eigenvalue weighted by atomic mass is 16.3. The van der Waals surface area contributed by atoms with Crippen LogP contribution in [0.1, 0.15) is 28.9 Å². The molecular formula is C23H23N3O3. The fraction of sp³-hybridized carbons (Fsp3) is 0.261. The molecule has 0 saturated heterocycles. The zero-order valence-electron chi connectivity index (χ0n) is 15.9. The first-order valence-corrected chi connectivity index (χ1v) is 9.78. The molecule has 148 valence electrons. The maximum atomic E-state index is 12.8. The van der Waals surface area contributed by atoms with Crippen LogP contribution in [0.3, 0.4) is 0 Å². The smallest absolute Gasteiger partial charge is 0.261 e. The van der Waals surface area contributed by atoms with E-state index in [1.807, 2.05) is 48.5 Å². The maximum absolute atomic E-state index is 12.8. The summed E-state index contributed by atoms with van der Waals surface area (Å²) in [5.41, 5.74) is 2.07. The first-order valence-electron chi connectivity index (χ1n) is 9.78. The Hall–Kier alpha value is -3.25. The van der Waals surface area contributed by atoms with Gasteiger partial charge in [-0.1, -0.05) is 36.4 Å². The summed E-state index contributed by atoms with van der Waals surface area (Å²) in [7, 11) is 0. The standard InChI is InChI=1S/C23H23N3O3/c27-18-12-16(13-18)21(14-17-8-4-5-11-24-17)26-23(29)19-9-10-20(25-22(19)28)15-6-2-1-3-7-15/h1-11,16,18,21,27H,12-14H2,(H,25,28)(H,26,29)/t16?,18?,21-/m0/s1. The summed E-state index contributed by atoms with van der Waals surface area (Å²) in [4.78, 5) is 32.5. The number of nitrogens with zero attached hydrogens (tertiary/aromatic N) is 1. The maximum Gasteiger partial charge on any atom is 0.261 e. The summed E-state index contributed by atoms with van der Waals surface area (Å²) in [6.45, 7) is 0. The second-order valence-corrected chi connectivity index (χ2v) is 7.47. The topological polar surface area (TPSA) is 95.1 Å². The molecule has 3 aromatic rings. The monoisotopic (exact) mass is 389 g/mol. The minimum Gasteiger partial charge on any atom is -0.393 e. The first-order chi connectivity index (χ1) is 14.1. The van der Waals surface area contributed by atoms with Gasteiger partial charge >= 0.3 is 0 Å². The van der Waals surface area contributed by atoms with E-state index in [2.05, 4.69) is 15.3 Å². The molecule has 1 aromatic carbocycles. The lowest BCUT2D eigenvalue weighted by atomic mass is 9.76. The van der Waals surface area contributed by atoms with Crippen molar-refractivity contribution in [1.29, 1.82) is 0 Å². The molecule has 0 unspecified atom stereocenters. The molecule has 29 heavy (non-hydrogen) atoms. The molecule has 1 fully saturated rings. The first kappa shape index (κ1) is 19.1. The van der Waals surface area contributed by atoms with Gasteiger partial charge in [-0.2, -0.15) is 0 Å². The van der Waals surface area contributed by atoms with E-state index in [4.69, 9.17) is 0 Å². The number of rotatable bonds is 6. The van der Waals surface area contributed by atoms with Crippen molar-refractivity contribution in [2.24, 2.45) is 5.92 Å². The van der Waals surface area contributed by atoms with Crippen LogP contribution in [0.15, 0.2) is 71.7 Å². The number of H-pyrrole nitrogens is 1. The molecule has 2 heterocycles.